The third-order valence-electron chi connectivity index (χ3n) is 2.64. The van der Waals surface area contributed by atoms with E-state index in [2.05, 4.69) is 5.32 Å². The van der Waals surface area contributed by atoms with E-state index in [1.807, 2.05) is 6.92 Å². The summed E-state index contributed by atoms with van der Waals surface area (Å²) in [5.41, 5.74) is 0. The number of carbonyl (C=O) groups excluding carboxylic acids is 1. The summed E-state index contributed by atoms with van der Waals surface area (Å²) >= 11 is 0. The van der Waals surface area contributed by atoms with Crippen molar-refractivity contribution in [2.75, 3.05) is 6.61 Å². The van der Waals surface area contributed by atoms with Gasteiger partial charge in [-0.3, -0.25) is 9.59 Å². The van der Waals surface area contributed by atoms with Gasteiger partial charge in [0, 0.05) is 6.61 Å². The summed E-state index contributed by atoms with van der Waals surface area (Å²) in [6.45, 7) is 2.28. The van der Waals surface area contributed by atoms with Gasteiger partial charge in [-0.25, -0.2) is 4.79 Å². The van der Waals surface area contributed by atoms with Gasteiger partial charge in [-0.1, -0.05) is 6.92 Å². The first-order valence-corrected chi connectivity index (χ1v) is 5.28. The first-order valence-electron chi connectivity index (χ1n) is 5.28. The molecule has 0 spiro atoms. The molecular formula is C10H15NO6. The molecule has 2 unspecified atom stereocenters. The molecule has 1 heterocycles. The molecule has 1 rings (SSSR count). The van der Waals surface area contributed by atoms with Gasteiger partial charge in [0.25, 0.3) is 0 Å². The van der Waals surface area contributed by atoms with Crippen LogP contribution >= 0.6 is 0 Å². The number of nitrogens with one attached hydrogen (secondary N) is 1. The van der Waals surface area contributed by atoms with Crippen molar-refractivity contribution in [3.63, 3.8) is 0 Å². The van der Waals surface area contributed by atoms with E-state index in [9.17, 15) is 14.4 Å². The number of hydrogen-bond acceptors (Lipinski definition) is 4. The molecule has 0 aromatic carbocycles. The topological polar surface area (TPSA) is 113 Å². The Morgan fingerprint density at radius 3 is 2.47 bits per heavy atom. The van der Waals surface area contributed by atoms with Gasteiger partial charge in [-0.15, -0.1) is 0 Å². The van der Waals surface area contributed by atoms with E-state index in [4.69, 9.17) is 14.9 Å². The van der Waals surface area contributed by atoms with Crippen LogP contribution in [0, 0.1) is 5.92 Å². The van der Waals surface area contributed by atoms with E-state index >= 15 is 0 Å². The molecule has 1 aliphatic heterocycles. The summed E-state index contributed by atoms with van der Waals surface area (Å²) in [6.07, 6.45) is -0.609. The van der Waals surface area contributed by atoms with Crippen LogP contribution in [-0.2, 0) is 19.1 Å². The van der Waals surface area contributed by atoms with E-state index in [0.717, 1.165) is 6.42 Å². The van der Waals surface area contributed by atoms with Crippen molar-refractivity contribution >= 4 is 17.8 Å². The summed E-state index contributed by atoms with van der Waals surface area (Å²) in [4.78, 5) is 32.8. The molecule has 17 heavy (non-hydrogen) atoms. The van der Waals surface area contributed by atoms with Crippen LogP contribution in [0.25, 0.3) is 0 Å². The van der Waals surface area contributed by atoms with Gasteiger partial charge in [0.05, 0.1) is 6.42 Å². The second-order valence-electron chi connectivity index (χ2n) is 4.05. The number of rotatable bonds is 5. The van der Waals surface area contributed by atoms with E-state index in [-0.39, 0.29) is 5.92 Å². The van der Waals surface area contributed by atoms with E-state index < -0.39 is 36.4 Å². The largest absolute Gasteiger partial charge is 0.481 e. The Kier molecular flexibility index (Phi) is 4.45. The Balaban J connectivity index is 2.57. The highest BCUT2D eigenvalue weighted by molar-refractivity contribution is 5.88. The molecule has 1 aliphatic rings. The highest BCUT2D eigenvalue weighted by Gasteiger charge is 2.33. The van der Waals surface area contributed by atoms with Crippen LogP contribution in [0.2, 0.25) is 0 Å². The summed E-state index contributed by atoms with van der Waals surface area (Å²) in [7, 11) is 0. The number of amides is 1. The summed E-state index contributed by atoms with van der Waals surface area (Å²) in [5, 5.41) is 19.5. The monoisotopic (exact) mass is 245 g/mol. The Hall–Kier alpha value is -1.63. The van der Waals surface area contributed by atoms with Crippen LogP contribution in [0.5, 0.6) is 0 Å². The van der Waals surface area contributed by atoms with Crippen molar-refractivity contribution in [2.45, 2.75) is 31.9 Å². The fourth-order valence-electron chi connectivity index (χ4n) is 1.66. The molecule has 0 aromatic rings. The zero-order valence-corrected chi connectivity index (χ0v) is 9.38. The molecule has 0 radical (unpaired) electrons. The van der Waals surface area contributed by atoms with Gasteiger partial charge >= 0.3 is 11.9 Å². The summed E-state index contributed by atoms with van der Waals surface area (Å²) in [5.74, 6) is -3.21. The Morgan fingerprint density at radius 2 is 2.06 bits per heavy atom. The molecule has 3 N–H and O–H groups in total. The molecule has 1 amide bonds. The minimum absolute atomic E-state index is 0.00859. The standard InChI is InChI=1S/C10H15NO6/c1-5-2-3-17-8(5)9(14)11-6(10(15)16)4-7(12)13/h5-6,8H,2-4H2,1H3,(H,11,14)(H,12,13)(H,15,16)/t5?,6-,8?/m0/s1. The maximum Gasteiger partial charge on any atom is 0.326 e. The van der Waals surface area contributed by atoms with E-state index in [1.54, 1.807) is 0 Å². The Bertz CT molecular complexity index is 329. The lowest BCUT2D eigenvalue weighted by Gasteiger charge is -2.18. The molecule has 7 nitrogen and oxygen atoms in total. The Labute approximate surface area is 97.8 Å². The minimum Gasteiger partial charge on any atom is -0.481 e. The van der Waals surface area contributed by atoms with Crippen LogP contribution in [0.3, 0.4) is 0 Å². The number of hydrogen-bond donors (Lipinski definition) is 3. The zero-order valence-electron chi connectivity index (χ0n) is 9.38. The second-order valence-corrected chi connectivity index (χ2v) is 4.05. The van der Waals surface area contributed by atoms with Crippen molar-refractivity contribution in [2.24, 2.45) is 5.92 Å². The smallest absolute Gasteiger partial charge is 0.326 e. The molecule has 0 bridgehead atoms. The lowest BCUT2D eigenvalue weighted by Crippen LogP contribution is -2.47. The lowest BCUT2D eigenvalue weighted by atomic mass is 10.0. The Morgan fingerprint density at radius 1 is 1.41 bits per heavy atom. The van der Waals surface area contributed by atoms with Crippen molar-refractivity contribution in [3.8, 4) is 0 Å². The minimum atomic E-state index is -1.42. The van der Waals surface area contributed by atoms with Crippen molar-refractivity contribution in [3.05, 3.63) is 0 Å². The van der Waals surface area contributed by atoms with Crippen molar-refractivity contribution in [1.82, 2.24) is 5.32 Å². The highest BCUT2D eigenvalue weighted by atomic mass is 16.5. The molecule has 0 saturated carbocycles. The number of carboxylic acids is 2. The first-order chi connectivity index (χ1) is 7.91. The maximum absolute atomic E-state index is 11.7. The van der Waals surface area contributed by atoms with Gasteiger partial charge in [-0.2, -0.15) is 0 Å². The highest BCUT2D eigenvalue weighted by Crippen LogP contribution is 2.20. The third-order valence-corrected chi connectivity index (χ3v) is 2.64. The fourth-order valence-corrected chi connectivity index (χ4v) is 1.66. The molecule has 0 aliphatic carbocycles. The van der Waals surface area contributed by atoms with E-state index in [0.29, 0.717) is 6.61 Å². The van der Waals surface area contributed by atoms with Gasteiger partial charge in [-0.05, 0) is 12.3 Å². The average Bonchev–Trinajstić information content (AvgIpc) is 2.62. The summed E-state index contributed by atoms with van der Waals surface area (Å²) < 4.78 is 5.16. The quantitative estimate of drug-likeness (QED) is 0.599. The van der Waals surface area contributed by atoms with Crippen LogP contribution in [-0.4, -0.2) is 46.8 Å². The molecule has 1 saturated heterocycles. The third kappa shape index (κ3) is 3.70. The van der Waals surface area contributed by atoms with Crippen molar-refractivity contribution < 1.29 is 29.3 Å². The normalized spacial score (nSPS) is 25.2. The SMILES string of the molecule is CC1CCOC1C(=O)N[C@@H](CC(=O)O)C(=O)O. The fraction of sp³-hybridized carbons (Fsp3) is 0.700. The molecule has 3 atom stereocenters. The van der Waals surface area contributed by atoms with Crippen LogP contribution in [0.15, 0.2) is 0 Å². The molecule has 1 fully saturated rings. The van der Waals surface area contributed by atoms with Crippen molar-refractivity contribution in [1.29, 1.82) is 0 Å². The van der Waals surface area contributed by atoms with Crippen LogP contribution in [0.1, 0.15) is 19.8 Å². The lowest BCUT2D eigenvalue weighted by molar-refractivity contribution is -0.148. The summed E-state index contributed by atoms with van der Waals surface area (Å²) in [6, 6.07) is -1.42. The predicted octanol–water partition coefficient (Wildman–Crippen LogP) is -0.544. The number of aliphatic carboxylic acids is 2. The number of carbonyl (C=O) groups is 3. The molecular weight excluding hydrogens is 230 g/mol. The molecule has 7 heteroatoms. The number of ether oxygens (including phenoxy) is 1. The predicted molar refractivity (Wildman–Crippen MR) is 55.3 cm³/mol. The second kappa shape index (κ2) is 5.62. The maximum atomic E-state index is 11.7. The van der Waals surface area contributed by atoms with Gasteiger partial charge < -0.3 is 20.3 Å². The molecule has 96 valence electrons. The van der Waals surface area contributed by atoms with Crippen LogP contribution in [0.4, 0.5) is 0 Å². The zero-order chi connectivity index (χ0) is 13.0. The number of carboxylic acid groups (broad SMARTS) is 2. The van der Waals surface area contributed by atoms with Gasteiger partial charge in [0.15, 0.2) is 0 Å². The first kappa shape index (κ1) is 13.4. The van der Waals surface area contributed by atoms with E-state index in [1.165, 1.54) is 0 Å². The van der Waals surface area contributed by atoms with Gasteiger partial charge in [0.2, 0.25) is 5.91 Å². The molecule has 0 aromatic heterocycles. The van der Waals surface area contributed by atoms with Gasteiger partial charge in [0.1, 0.15) is 12.1 Å². The van der Waals surface area contributed by atoms with Crippen LogP contribution < -0.4 is 5.32 Å². The average molecular weight is 245 g/mol.